The van der Waals surface area contributed by atoms with Crippen molar-refractivity contribution in [1.29, 1.82) is 0 Å². The highest BCUT2D eigenvalue weighted by Gasteiger charge is 2.28. The average Bonchev–Trinajstić information content (AvgIpc) is 2.97. The summed E-state index contributed by atoms with van der Waals surface area (Å²) in [5.41, 5.74) is 1.99. The van der Waals surface area contributed by atoms with Crippen LogP contribution in [0, 0.1) is 0 Å². The van der Waals surface area contributed by atoms with Crippen molar-refractivity contribution in [2.45, 2.75) is 6.54 Å². The van der Waals surface area contributed by atoms with E-state index in [9.17, 15) is 4.79 Å². The van der Waals surface area contributed by atoms with Gasteiger partial charge in [0.2, 0.25) is 5.91 Å². The number of hydrogen-bond donors (Lipinski definition) is 0. The van der Waals surface area contributed by atoms with Crippen LogP contribution < -0.4 is 4.74 Å². The maximum absolute atomic E-state index is 12.1. The molecule has 0 N–H and O–H groups in total. The van der Waals surface area contributed by atoms with Gasteiger partial charge in [-0.1, -0.05) is 54.2 Å². The Hall–Kier alpha value is -2.60. The van der Waals surface area contributed by atoms with Gasteiger partial charge < -0.3 is 4.74 Å². The van der Waals surface area contributed by atoms with Crippen LogP contribution in [0.5, 0.6) is 5.75 Å². The summed E-state index contributed by atoms with van der Waals surface area (Å²) < 4.78 is 5.15. The number of amidine groups is 1. The van der Waals surface area contributed by atoms with E-state index in [1.165, 1.54) is 11.8 Å². The lowest BCUT2D eigenvalue weighted by Gasteiger charge is -2.15. The zero-order valence-corrected chi connectivity index (χ0v) is 14.1. The Kier molecular flexibility index (Phi) is 5.28. The fourth-order valence-corrected chi connectivity index (χ4v) is 3.06. The molecule has 0 saturated carbocycles. The number of rotatable bonds is 5. The molecule has 0 unspecified atom stereocenters. The first-order chi connectivity index (χ1) is 11.8. The minimum atomic E-state index is 0.0458. The first-order valence-corrected chi connectivity index (χ1v) is 8.47. The number of methoxy groups -OCH3 is 1. The van der Waals surface area contributed by atoms with Crippen molar-refractivity contribution in [3.05, 3.63) is 65.7 Å². The first kappa shape index (κ1) is 16.3. The molecular weight excluding hydrogens is 322 g/mol. The predicted octanol–water partition coefficient (Wildman–Crippen LogP) is 3.16. The lowest BCUT2D eigenvalue weighted by molar-refractivity contribution is -0.124. The minimum absolute atomic E-state index is 0.0458. The number of amides is 1. The third kappa shape index (κ3) is 4.02. The van der Waals surface area contributed by atoms with Crippen LogP contribution in [0.3, 0.4) is 0 Å². The van der Waals surface area contributed by atoms with Gasteiger partial charge in [0.15, 0.2) is 5.17 Å². The molecule has 1 saturated heterocycles. The molecule has 0 atom stereocenters. The number of thioether (sulfide) groups is 1. The van der Waals surface area contributed by atoms with E-state index in [4.69, 9.17) is 4.74 Å². The molecule has 3 rings (SSSR count). The average molecular weight is 339 g/mol. The van der Waals surface area contributed by atoms with Crippen LogP contribution in [-0.2, 0) is 11.3 Å². The van der Waals surface area contributed by atoms with Crippen LogP contribution in [-0.4, -0.2) is 35.1 Å². The number of ether oxygens (including phenoxy) is 1. The van der Waals surface area contributed by atoms with E-state index in [0.717, 1.165) is 16.9 Å². The molecule has 0 aromatic heterocycles. The van der Waals surface area contributed by atoms with E-state index in [2.05, 4.69) is 10.2 Å². The fraction of sp³-hybridized carbons (Fsp3) is 0.167. The Labute approximate surface area is 145 Å². The molecule has 1 aliphatic heterocycles. The Morgan fingerprint density at radius 2 is 1.92 bits per heavy atom. The number of benzene rings is 2. The van der Waals surface area contributed by atoms with Crippen LogP contribution in [0.25, 0.3) is 0 Å². The lowest BCUT2D eigenvalue weighted by atomic mass is 10.2. The van der Waals surface area contributed by atoms with Gasteiger partial charge in [0.1, 0.15) is 5.75 Å². The number of nitrogens with zero attached hydrogens (tertiary/aromatic N) is 3. The number of carbonyl (C=O) groups is 1. The zero-order valence-electron chi connectivity index (χ0n) is 13.3. The molecule has 2 aromatic rings. The topological polar surface area (TPSA) is 54.3 Å². The summed E-state index contributed by atoms with van der Waals surface area (Å²) in [5, 5.41) is 8.94. The van der Waals surface area contributed by atoms with Crippen molar-refractivity contribution in [3.8, 4) is 5.75 Å². The monoisotopic (exact) mass is 339 g/mol. The molecule has 0 bridgehead atoms. The third-order valence-corrected chi connectivity index (χ3v) is 4.46. The van der Waals surface area contributed by atoms with Gasteiger partial charge in [0.05, 0.1) is 25.6 Å². The van der Waals surface area contributed by atoms with Crippen molar-refractivity contribution >= 4 is 29.1 Å². The van der Waals surface area contributed by atoms with Crippen molar-refractivity contribution in [2.24, 2.45) is 10.2 Å². The molecule has 0 aliphatic carbocycles. The summed E-state index contributed by atoms with van der Waals surface area (Å²) >= 11 is 1.41. The van der Waals surface area contributed by atoms with Gasteiger partial charge in [-0.25, -0.2) is 0 Å². The molecule has 5 nitrogen and oxygen atoms in total. The first-order valence-electron chi connectivity index (χ1n) is 7.48. The molecule has 6 heteroatoms. The maximum atomic E-state index is 12.1. The van der Waals surface area contributed by atoms with Gasteiger partial charge in [-0.2, -0.15) is 5.10 Å². The largest absolute Gasteiger partial charge is 0.497 e. The highest BCUT2D eigenvalue weighted by Crippen LogP contribution is 2.22. The Morgan fingerprint density at radius 3 is 2.62 bits per heavy atom. The molecular formula is C18H17N3O2S. The van der Waals surface area contributed by atoms with Crippen molar-refractivity contribution in [1.82, 2.24) is 4.90 Å². The summed E-state index contributed by atoms with van der Waals surface area (Å²) in [6, 6.07) is 17.4. The quantitative estimate of drug-likeness (QED) is 0.621. The molecule has 0 radical (unpaired) electrons. The Morgan fingerprint density at radius 1 is 1.17 bits per heavy atom. The summed E-state index contributed by atoms with van der Waals surface area (Å²) in [6.07, 6.45) is 1.68. The minimum Gasteiger partial charge on any atom is -0.497 e. The van der Waals surface area contributed by atoms with Crippen molar-refractivity contribution < 1.29 is 9.53 Å². The molecule has 0 spiro atoms. The lowest BCUT2D eigenvalue weighted by Crippen LogP contribution is -2.28. The van der Waals surface area contributed by atoms with Gasteiger partial charge in [-0.05, 0) is 23.3 Å². The Bertz CT molecular complexity index is 758. The SMILES string of the molecule is COc1ccc(CN2C(=O)CSC2=N/N=C/c2ccccc2)cc1. The van der Waals surface area contributed by atoms with E-state index in [-0.39, 0.29) is 5.91 Å². The standard InChI is InChI=1S/C18H17N3O2S/c1-23-16-9-7-15(8-10-16)12-21-17(22)13-24-18(21)20-19-11-14-5-3-2-4-6-14/h2-11H,12-13H2,1H3/b19-11+,20-18?. The summed E-state index contributed by atoms with van der Waals surface area (Å²) in [7, 11) is 1.63. The van der Waals surface area contributed by atoms with Gasteiger partial charge in [-0.3, -0.25) is 9.69 Å². The van der Waals surface area contributed by atoms with Crippen LogP contribution in [0.1, 0.15) is 11.1 Å². The predicted molar refractivity (Wildman–Crippen MR) is 97.5 cm³/mol. The second-order valence-corrected chi connectivity index (χ2v) is 6.10. The highest BCUT2D eigenvalue weighted by atomic mass is 32.2. The third-order valence-electron chi connectivity index (χ3n) is 3.51. The molecule has 1 heterocycles. The molecule has 1 aliphatic rings. The van der Waals surface area contributed by atoms with Crippen LogP contribution in [0.2, 0.25) is 0 Å². The van der Waals surface area contributed by atoms with Crippen LogP contribution >= 0.6 is 11.8 Å². The van der Waals surface area contributed by atoms with E-state index in [0.29, 0.717) is 17.5 Å². The van der Waals surface area contributed by atoms with Crippen LogP contribution in [0.4, 0.5) is 0 Å². The molecule has 1 fully saturated rings. The second-order valence-electron chi connectivity index (χ2n) is 5.15. The number of carbonyl (C=O) groups excluding carboxylic acids is 1. The van der Waals surface area contributed by atoms with E-state index in [1.807, 2.05) is 54.6 Å². The van der Waals surface area contributed by atoms with E-state index in [1.54, 1.807) is 18.2 Å². The van der Waals surface area contributed by atoms with E-state index < -0.39 is 0 Å². The molecule has 24 heavy (non-hydrogen) atoms. The fourth-order valence-electron chi connectivity index (χ4n) is 2.23. The summed E-state index contributed by atoms with van der Waals surface area (Å²) in [6.45, 7) is 0.482. The maximum Gasteiger partial charge on any atom is 0.239 e. The number of hydrogen-bond acceptors (Lipinski definition) is 5. The smallest absolute Gasteiger partial charge is 0.239 e. The molecule has 2 aromatic carbocycles. The van der Waals surface area contributed by atoms with Gasteiger partial charge >= 0.3 is 0 Å². The second kappa shape index (κ2) is 7.79. The van der Waals surface area contributed by atoms with E-state index >= 15 is 0 Å². The zero-order chi connectivity index (χ0) is 16.8. The van der Waals surface area contributed by atoms with Gasteiger partial charge in [0.25, 0.3) is 0 Å². The highest BCUT2D eigenvalue weighted by molar-refractivity contribution is 8.15. The molecule has 1 amide bonds. The van der Waals surface area contributed by atoms with Crippen molar-refractivity contribution in [2.75, 3.05) is 12.9 Å². The van der Waals surface area contributed by atoms with Crippen LogP contribution in [0.15, 0.2) is 64.8 Å². The van der Waals surface area contributed by atoms with Crippen molar-refractivity contribution in [3.63, 3.8) is 0 Å². The summed E-state index contributed by atoms with van der Waals surface area (Å²) in [5.74, 6) is 1.24. The normalized spacial score (nSPS) is 16.3. The van der Waals surface area contributed by atoms with Gasteiger partial charge in [-0.15, -0.1) is 5.10 Å². The summed E-state index contributed by atoms with van der Waals surface area (Å²) in [4.78, 5) is 13.8. The molecule has 122 valence electrons. The van der Waals surface area contributed by atoms with Gasteiger partial charge in [0, 0.05) is 0 Å². The Balaban J connectivity index is 1.71.